The van der Waals surface area contributed by atoms with Crippen molar-refractivity contribution in [3.8, 4) is 11.5 Å². The second-order valence-corrected chi connectivity index (χ2v) is 13.8. The molecule has 3 rings (SSSR count). The van der Waals surface area contributed by atoms with Crippen LogP contribution < -0.4 is 8.92 Å². The maximum Gasteiger partial charge on any atom is 0.342 e. The smallest absolute Gasteiger partial charge is 0.342 e. The third-order valence-electron chi connectivity index (χ3n) is 5.39. The first-order chi connectivity index (χ1) is 17.9. The summed E-state index contributed by atoms with van der Waals surface area (Å²) in [5.74, 6) is -2.15. The summed E-state index contributed by atoms with van der Waals surface area (Å²) in [5.41, 5.74) is -0.185. The molecule has 5 atom stereocenters. The molecular weight excluding hydrogens is 584 g/mol. The molecular formula is C22H28O14S3. The Morgan fingerprint density at radius 3 is 2.13 bits per heavy atom. The highest BCUT2D eigenvalue weighted by atomic mass is 32.2. The van der Waals surface area contributed by atoms with Crippen LogP contribution in [0.15, 0.2) is 24.3 Å². The molecule has 2 heterocycles. The highest BCUT2D eigenvalue weighted by Gasteiger charge is 2.48. The predicted octanol–water partition coefficient (Wildman–Crippen LogP) is 0.628. The van der Waals surface area contributed by atoms with Gasteiger partial charge in [-0.15, -0.1) is 0 Å². The van der Waals surface area contributed by atoms with E-state index in [-0.39, 0.29) is 29.7 Å². The summed E-state index contributed by atoms with van der Waals surface area (Å²) in [4.78, 5) is 26.1. The summed E-state index contributed by atoms with van der Waals surface area (Å²) >= 11 is 0. The van der Waals surface area contributed by atoms with Crippen LogP contribution in [-0.4, -0.2) is 87.3 Å². The van der Waals surface area contributed by atoms with Crippen molar-refractivity contribution >= 4 is 42.1 Å². The largest absolute Gasteiger partial charge is 0.497 e. The third-order valence-corrected chi connectivity index (χ3v) is 7.03. The molecule has 2 aliphatic heterocycles. The average molecular weight is 613 g/mol. The lowest BCUT2D eigenvalue weighted by Gasteiger charge is -2.23. The highest BCUT2D eigenvalue weighted by Crippen LogP contribution is 2.47. The van der Waals surface area contributed by atoms with Gasteiger partial charge >= 0.3 is 16.1 Å². The summed E-state index contributed by atoms with van der Waals surface area (Å²) in [5, 5.41) is 0. The lowest BCUT2D eigenvalue weighted by atomic mass is 9.97. The van der Waals surface area contributed by atoms with Crippen molar-refractivity contribution in [2.75, 3.05) is 25.9 Å². The van der Waals surface area contributed by atoms with Gasteiger partial charge in [0.05, 0.1) is 32.0 Å². The molecule has 218 valence electrons. The zero-order chi connectivity index (χ0) is 29.3. The van der Waals surface area contributed by atoms with Crippen LogP contribution in [0.4, 0.5) is 0 Å². The molecule has 2 aliphatic rings. The van der Waals surface area contributed by atoms with Crippen LogP contribution in [0.5, 0.6) is 11.5 Å². The molecule has 0 radical (unpaired) electrons. The van der Waals surface area contributed by atoms with Gasteiger partial charge in [-0.2, -0.15) is 25.3 Å². The first kappa shape index (κ1) is 31.0. The van der Waals surface area contributed by atoms with E-state index in [1.54, 1.807) is 0 Å². The van der Waals surface area contributed by atoms with E-state index in [0.717, 1.165) is 12.3 Å². The Kier molecular flexibility index (Phi) is 9.13. The Morgan fingerprint density at radius 2 is 1.56 bits per heavy atom. The summed E-state index contributed by atoms with van der Waals surface area (Å²) in [7, 11) is -11.3. The van der Waals surface area contributed by atoms with Crippen molar-refractivity contribution in [2.24, 2.45) is 0 Å². The van der Waals surface area contributed by atoms with E-state index in [2.05, 4.69) is 0 Å². The number of epoxide rings is 1. The molecule has 1 aromatic carbocycles. The molecule has 1 aromatic rings. The molecule has 0 bridgehead atoms. The lowest BCUT2D eigenvalue weighted by Crippen LogP contribution is -2.41. The zero-order valence-corrected chi connectivity index (χ0v) is 24.0. The fourth-order valence-electron chi connectivity index (χ4n) is 3.90. The molecule has 0 aromatic heterocycles. The van der Waals surface area contributed by atoms with E-state index in [0.29, 0.717) is 12.5 Å². The highest BCUT2D eigenvalue weighted by molar-refractivity contribution is 7.86. The molecule has 1 saturated heterocycles. The van der Waals surface area contributed by atoms with Gasteiger partial charge in [0.25, 0.3) is 20.2 Å². The Bertz CT molecular complexity index is 1480. The molecule has 0 unspecified atom stereocenters. The fraction of sp³-hybridized carbons (Fsp3) is 0.545. The van der Waals surface area contributed by atoms with Gasteiger partial charge in [0, 0.05) is 24.5 Å². The van der Waals surface area contributed by atoms with Gasteiger partial charge in [-0.1, -0.05) is 6.08 Å². The number of carbonyl (C=O) groups excluding carboxylic acids is 2. The normalized spacial score (nSPS) is 27.4. The number of cyclic esters (lactones) is 1. The van der Waals surface area contributed by atoms with Crippen LogP contribution in [0.3, 0.4) is 0 Å². The van der Waals surface area contributed by atoms with Gasteiger partial charge in [0.1, 0.15) is 29.6 Å². The molecule has 17 heteroatoms. The van der Waals surface area contributed by atoms with Crippen molar-refractivity contribution in [2.45, 2.75) is 50.3 Å². The Hall–Kier alpha value is -2.57. The van der Waals surface area contributed by atoms with Crippen LogP contribution in [0.1, 0.15) is 41.8 Å². The van der Waals surface area contributed by atoms with Gasteiger partial charge in [0.15, 0.2) is 17.6 Å². The number of ketones is 1. The molecule has 1 fully saturated rings. The summed E-state index contributed by atoms with van der Waals surface area (Å²) < 4.78 is 103. The van der Waals surface area contributed by atoms with Crippen LogP contribution >= 0.6 is 0 Å². The standard InChI is InChI=1S/C22H28O14S3/c1-12-7-6-8-15(23)21(36-39(5,29)30)18(35-38(4,27)28)11-17-20(33-17)14-9-13(31-2)10-16(34-37(3,25)26)19(14)22(24)32-12/h6,8-10,12,17-18,20-21H,7,11H2,1-5H3/b8-6+/t12-,17+,18-,20+,21+/m0/s1. The summed E-state index contributed by atoms with van der Waals surface area (Å²) in [6.07, 6.45) is -2.25. The number of carbonyl (C=O) groups is 2. The number of hydrogen-bond acceptors (Lipinski definition) is 14. The first-order valence-corrected chi connectivity index (χ1v) is 16.8. The number of hydrogen-bond donors (Lipinski definition) is 0. The van der Waals surface area contributed by atoms with Crippen LogP contribution in [0.2, 0.25) is 0 Å². The van der Waals surface area contributed by atoms with Crippen molar-refractivity contribution in [1.82, 2.24) is 0 Å². The molecule has 0 spiro atoms. The van der Waals surface area contributed by atoms with Crippen molar-refractivity contribution in [3.63, 3.8) is 0 Å². The monoisotopic (exact) mass is 612 g/mol. The second-order valence-electron chi connectivity index (χ2n) is 9.02. The van der Waals surface area contributed by atoms with E-state index in [4.69, 9.17) is 26.8 Å². The lowest BCUT2D eigenvalue weighted by molar-refractivity contribution is -0.124. The molecule has 0 saturated carbocycles. The molecule has 39 heavy (non-hydrogen) atoms. The van der Waals surface area contributed by atoms with E-state index in [9.17, 15) is 34.8 Å². The molecule has 0 amide bonds. The Labute approximate surface area is 226 Å². The average Bonchev–Trinajstić information content (AvgIpc) is 3.52. The van der Waals surface area contributed by atoms with E-state index < -0.39 is 78.4 Å². The maximum absolute atomic E-state index is 13.2. The minimum absolute atomic E-state index is 0.0308. The number of ether oxygens (including phenoxy) is 3. The fourth-order valence-corrected chi connectivity index (χ4v) is 5.59. The maximum atomic E-state index is 13.2. The van der Waals surface area contributed by atoms with Crippen LogP contribution in [0.25, 0.3) is 0 Å². The third kappa shape index (κ3) is 8.97. The topological polar surface area (TPSA) is 195 Å². The van der Waals surface area contributed by atoms with Crippen molar-refractivity contribution in [1.29, 1.82) is 0 Å². The Morgan fingerprint density at radius 1 is 0.923 bits per heavy atom. The van der Waals surface area contributed by atoms with Gasteiger partial charge < -0.3 is 18.4 Å². The number of esters is 1. The van der Waals surface area contributed by atoms with Crippen LogP contribution in [-0.2, 0) is 53.0 Å². The van der Waals surface area contributed by atoms with Crippen molar-refractivity contribution in [3.05, 3.63) is 35.4 Å². The van der Waals surface area contributed by atoms with E-state index in [1.807, 2.05) is 0 Å². The van der Waals surface area contributed by atoms with Gasteiger partial charge in [-0.3, -0.25) is 13.2 Å². The van der Waals surface area contributed by atoms with Gasteiger partial charge in [0.2, 0.25) is 0 Å². The van der Waals surface area contributed by atoms with Crippen molar-refractivity contribution < 1.29 is 61.6 Å². The quantitative estimate of drug-likeness (QED) is 0.236. The second kappa shape index (κ2) is 11.5. The number of fused-ring (bicyclic) bond motifs is 3. The predicted molar refractivity (Wildman–Crippen MR) is 134 cm³/mol. The van der Waals surface area contributed by atoms with Gasteiger partial charge in [-0.05, 0) is 19.1 Å². The van der Waals surface area contributed by atoms with E-state index in [1.165, 1.54) is 32.2 Å². The minimum atomic E-state index is -4.26. The number of methoxy groups -OCH3 is 1. The number of rotatable bonds is 7. The van der Waals surface area contributed by atoms with E-state index >= 15 is 0 Å². The van der Waals surface area contributed by atoms with Crippen LogP contribution in [0, 0.1) is 0 Å². The molecule has 0 N–H and O–H groups in total. The molecule has 14 nitrogen and oxygen atoms in total. The summed E-state index contributed by atoms with van der Waals surface area (Å²) in [6, 6.07) is 2.56. The molecule has 0 aliphatic carbocycles. The SMILES string of the molecule is COc1cc(OS(C)(=O)=O)c2c(c1)[C@H]1O[C@@H]1C[C@H](OS(C)(=O)=O)[C@H](OS(C)(=O)=O)C(=O)/C=C/C[C@H](C)OC2=O. The number of benzene rings is 1. The summed E-state index contributed by atoms with van der Waals surface area (Å²) in [6.45, 7) is 1.50. The van der Waals surface area contributed by atoms with Gasteiger partial charge in [-0.25, -0.2) is 4.79 Å². The Balaban J connectivity index is 2.16. The first-order valence-electron chi connectivity index (χ1n) is 11.3. The minimum Gasteiger partial charge on any atom is -0.497 e. The zero-order valence-electron chi connectivity index (χ0n) is 21.6.